The van der Waals surface area contributed by atoms with Crippen molar-refractivity contribution in [1.29, 1.82) is 0 Å². The highest BCUT2D eigenvalue weighted by Gasteiger charge is 2.12. The molecule has 2 heteroatoms. The molecule has 19 heavy (non-hydrogen) atoms. The van der Waals surface area contributed by atoms with Gasteiger partial charge in [0.2, 0.25) is 0 Å². The summed E-state index contributed by atoms with van der Waals surface area (Å²) in [5.74, 6) is 0. The van der Waals surface area contributed by atoms with Crippen LogP contribution in [0.2, 0.25) is 0 Å². The van der Waals surface area contributed by atoms with Gasteiger partial charge in [0, 0.05) is 28.2 Å². The standard InChI is InChI=1S/C17H22N2/c1-18(2)16-12-8-11-15(17(16)19(3)4)13-14-9-6-5-7-10-14/h5-12H,13H2,1-4H3. The van der Waals surface area contributed by atoms with Crippen molar-refractivity contribution in [1.82, 2.24) is 0 Å². The second-order valence-electron chi connectivity index (χ2n) is 5.24. The third-order valence-electron chi connectivity index (χ3n) is 3.26. The van der Waals surface area contributed by atoms with E-state index in [1.165, 1.54) is 22.5 Å². The normalized spacial score (nSPS) is 10.3. The van der Waals surface area contributed by atoms with Crippen molar-refractivity contribution in [3.63, 3.8) is 0 Å². The van der Waals surface area contributed by atoms with Crippen LogP contribution in [0.5, 0.6) is 0 Å². The lowest BCUT2D eigenvalue weighted by molar-refractivity contribution is 1.04. The Balaban J connectivity index is 2.42. The maximum atomic E-state index is 2.22. The zero-order valence-corrected chi connectivity index (χ0v) is 12.2. The Morgan fingerprint density at radius 1 is 0.737 bits per heavy atom. The Hall–Kier alpha value is -1.96. The van der Waals surface area contributed by atoms with Gasteiger partial charge in [-0.1, -0.05) is 42.5 Å². The zero-order valence-electron chi connectivity index (χ0n) is 12.2. The molecule has 0 radical (unpaired) electrons. The summed E-state index contributed by atoms with van der Waals surface area (Å²) in [7, 11) is 8.40. The summed E-state index contributed by atoms with van der Waals surface area (Å²) in [4.78, 5) is 4.37. The Morgan fingerprint density at radius 3 is 2.00 bits per heavy atom. The van der Waals surface area contributed by atoms with Gasteiger partial charge in [-0.05, 0) is 23.6 Å². The van der Waals surface area contributed by atoms with Gasteiger partial charge in [-0.25, -0.2) is 0 Å². The summed E-state index contributed by atoms with van der Waals surface area (Å²) >= 11 is 0. The second kappa shape index (κ2) is 5.79. The minimum Gasteiger partial charge on any atom is -0.376 e. The minimum atomic E-state index is 0.968. The molecule has 2 rings (SSSR count). The van der Waals surface area contributed by atoms with E-state index in [2.05, 4.69) is 86.5 Å². The number of para-hydroxylation sites is 1. The van der Waals surface area contributed by atoms with E-state index in [-0.39, 0.29) is 0 Å². The van der Waals surface area contributed by atoms with Gasteiger partial charge in [0.1, 0.15) is 0 Å². The van der Waals surface area contributed by atoms with Crippen LogP contribution in [-0.2, 0) is 6.42 Å². The molecule has 0 aliphatic carbocycles. The van der Waals surface area contributed by atoms with Crippen LogP contribution in [0.1, 0.15) is 11.1 Å². The lowest BCUT2D eigenvalue weighted by atomic mass is 10.0. The molecule has 0 fully saturated rings. The molecule has 0 atom stereocenters. The molecule has 0 aromatic heterocycles. The summed E-state index contributed by atoms with van der Waals surface area (Å²) < 4.78 is 0. The van der Waals surface area contributed by atoms with Crippen molar-refractivity contribution in [3.8, 4) is 0 Å². The van der Waals surface area contributed by atoms with E-state index in [1.807, 2.05) is 0 Å². The number of anilines is 2. The molecule has 0 saturated heterocycles. The van der Waals surface area contributed by atoms with Crippen LogP contribution in [0.25, 0.3) is 0 Å². The SMILES string of the molecule is CN(C)c1cccc(Cc2ccccc2)c1N(C)C. The average Bonchev–Trinajstić information content (AvgIpc) is 2.39. The fraction of sp³-hybridized carbons (Fsp3) is 0.294. The topological polar surface area (TPSA) is 6.48 Å². The maximum Gasteiger partial charge on any atom is 0.0634 e. The zero-order chi connectivity index (χ0) is 13.8. The van der Waals surface area contributed by atoms with E-state index >= 15 is 0 Å². The van der Waals surface area contributed by atoms with Crippen molar-refractivity contribution in [2.45, 2.75) is 6.42 Å². The monoisotopic (exact) mass is 254 g/mol. The van der Waals surface area contributed by atoms with Crippen LogP contribution in [0.3, 0.4) is 0 Å². The summed E-state index contributed by atoms with van der Waals surface area (Å²) in [6.07, 6.45) is 0.968. The lowest BCUT2D eigenvalue weighted by Gasteiger charge is -2.25. The maximum absolute atomic E-state index is 2.22. The Bertz CT molecular complexity index is 530. The number of nitrogens with zero attached hydrogens (tertiary/aromatic N) is 2. The molecule has 2 aromatic carbocycles. The first-order valence-corrected chi connectivity index (χ1v) is 6.60. The van der Waals surface area contributed by atoms with Crippen LogP contribution in [0, 0.1) is 0 Å². The smallest absolute Gasteiger partial charge is 0.0634 e. The first kappa shape index (κ1) is 13.5. The van der Waals surface area contributed by atoms with E-state index in [0.717, 1.165) is 6.42 Å². The highest BCUT2D eigenvalue weighted by molar-refractivity contribution is 5.74. The summed E-state index contributed by atoms with van der Waals surface area (Å²) in [6, 6.07) is 17.1. The van der Waals surface area contributed by atoms with Gasteiger partial charge in [-0.3, -0.25) is 0 Å². The Kier molecular flexibility index (Phi) is 4.10. The first-order chi connectivity index (χ1) is 9.09. The molecule has 100 valence electrons. The molecule has 0 N–H and O–H groups in total. The second-order valence-corrected chi connectivity index (χ2v) is 5.24. The van der Waals surface area contributed by atoms with Gasteiger partial charge in [-0.15, -0.1) is 0 Å². The van der Waals surface area contributed by atoms with E-state index in [4.69, 9.17) is 0 Å². The van der Waals surface area contributed by atoms with E-state index in [1.54, 1.807) is 0 Å². The molecular weight excluding hydrogens is 232 g/mol. The molecule has 2 aromatic rings. The van der Waals surface area contributed by atoms with Crippen molar-refractivity contribution < 1.29 is 0 Å². The van der Waals surface area contributed by atoms with Crippen LogP contribution >= 0.6 is 0 Å². The third-order valence-corrected chi connectivity index (χ3v) is 3.26. The van der Waals surface area contributed by atoms with E-state index in [9.17, 15) is 0 Å². The number of benzene rings is 2. The molecule has 0 spiro atoms. The first-order valence-electron chi connectivity index (χ1n) is 6.60. The summed E-state index contributed by atoms with van der Waals surface area (Å²) in [5.41, 5.74) is 5.28. The van der Waals surface area contributed by atoms with Crippen LogP contribution in [0.15, 0.2) is 48.5 Å². The predicted molar refractivity (Wildman–Crippen MR) is 84.3 cm³/mol. The predicted octanol–water partition coefficient (Wildman–Crippen LogP) is 3.41. The van der Waals surface area contributed by atoms with Crippen molar-refractivity contribution in [3.05, 3.63) is 59.7 Å². The highest BCUT2D eigenvalue weighted by Crippen LogP contribution is 2.32. The van der Waals surface area contributed by atoms with E-state index in [0.29, 0.717) is 0 Å². The van der Waals surface area contributed by atoms with Crippen LogP contribution < -0.4 is 9.80 Å². The van der Waals surface area contributed by atoms with Crippen molar-refractivity contribution in [2.75, 3.05) is 38.0 Å². The quantitative estimate of drug-likeness (QED) is 0.825. The lowest BCUT2D eigenvalue weighted by Crippen LogP contribution is -2.18. The summed E-state index contributed by atoms with van der Waals surface area (Å²) in [5, 5.41) is 0. The molecule has 0 bridgehead atoms. The number of hydrogen-bond acceptors (Lipinski definition) is 2. The third kappa shape index (κ3) is 3.08. The number of rotatable bonds is 4. The fourth-order valence-electron chi connectivity index (χ4n) is 2.41. The van der Waals surface area contributed by atoms with Gasteiger partial charge in [0.15, 0.2) is 0 Å². The average molecular weight is 254 g/mol. The molecule has 2 nitrogen and oxygen atoms in total. The molecule has 0 aliphatic heterocycles. The molecule has 0 heterocycles. The summed E-state index contributed by atoms with van der Waals surface area (Å²) in [6.45, 7) is 0. The van der Waals surface area contributed by atoms with Gasteiger partial charge < -0.3 is 9.80 Å². The minimum absolute atomic E-state index is 0.968. The van der Waals surface area contributed by atoms with E-state index < -0.39 is 0 Å². The fourth-order valence-corrected chi connectivity index (χ4v) is 2.41. The van der Waals surface area contributed by atoms with Crippen LogP contribution in [0.4, 0.5) is 11.4 Å². The van der Waals surface area contributed by atoms with Gasteiger partial charge >= 0.3 is 0 Å². The van der Waals surface area contributed by atoms with Crippen molar-refractivity contribution >= 4 is 11.4 Å². The van der Waals surface area contributed by atoms with Gasteiger partial charge in [-0.2, -0.15) is 0 Å². The van der Waals surface area contributed by atoms with Crippen LogP contribution in [-0.4, -0.2) is 28.2 Å². The molecule has 0 unspecified atom stereocenters. The Morgan fingerprint density at radius 2 is 1.42 bits per heavy atom. The largest absolute Gasteiger partial charge is 0.376 e. The van der Waals surface area contributed by atoms with Gasteiger partial charge in [0.05, 0.1) is 11.4 Å². The number of hydrogen-bond donors (Lipinski definition) is 0. The molecular formula is C17H22N2. The molecule has 0 saturated carbocycles. The van der Waals surface area contributed by atoms with Crippen molar-refractivity contribution in [2.24, 2.45) is 0 Å². The van der Waals surface area contributed by atoms with Gasteiger partial charge in [0.25, 0.3) is 0 Å². The Labute approximate surface area is 116 Å². The molecule has 0 amide bonds. The highest BCUT2D eigenvalue weighted by atomic mass is 15.1. The molecule has 0 aliphatic rings.